The normalized spacial score (nSPS) is 10.4. The van der Waals surface area contributed by atoms with Crippen molar-refractivity contribution in [1.82, 2.24) is 10.2 Å². The summed E-state index contributed by atoms with van der Waals surface area (Å²) in [6, 6.07) is 4.81. The number of anilines is 1. The van der Waals surface area contributed by atoms with Crippen LogP contribution in [0.2, 0.25) is 0 Å². The molecule has 16 heavy (non-hydrogen) atoms. The second kappa shape index (κ2) is 3.84. The number of hydrogen-bond acceptors (Lipinski definition) is 3. The minimum Gasteiger partial charge on any atom is -0.496 e. The molecule has 0 amide bonds. The number of halogens is 1. The van der Waals surface area contributed by atoms with Crippen LogP contribution in [-0.2, 0) is 0 Å². The van der Waals surface area contributed by atoms with E-state index in [0.717, 1.165) is 0 Å². The standard InChI is InChI=1S/C11H12FN3O/c1-6-8(12)3-7(4-10(6)16-2)9-5-11(13)15-14-9/h3-5H,1-2H3,(H3,13,14,15). The summed E-state index contributed by atoms with van der Waals surface area (Å²) in [4.78, 5) is 0. The molecule has 2 aromatic rings. The first kappa shape index (κ1) is 10.5. The molecule has 0 aliphatic heterocycles. The number of nitrogen functional groups attached to an aromatic ring is 1. The lowest BCUT2D eigenvalue weighted by Gasteiger charge is -2.07. The van der Waals surface area contributed by atoms with Crippen molar-refractivity contribution in [3.05, 3.63) is 29.6 Å². The van der Waals surface area contributed by atoms with Gasteiger partial charge in [-0.2, -0.15) is 5.10 Å². The fourth-order valence-corrected chi connectivity index (χ4v) is 1.51. The molecular weight excluding hydrogens is 209 g/mol. The Morgan fingerprint density at radius 2 is 2.12 bits per heavy atom. The Morgan fingerprint density at radius 3 is 2.69 bits per heavy atom. The van der Waals surface area contributed by atoms with Crippen molar-refractivity contribution >= 4 is 5.82 Å². The number of rotatable bonds is 2. The van der Waals surface area contributed by atoms with Crippen molar-refractivity contribution in [2.24, 2.45) is 0 Å². The van der Waals surface area contributed by atoms with Gasteiger partial charge in [0, 0.05) is 17.2 Å². The molecule has 2 rings (SSSR count). The number of nitrogens with zero attached hydrogens (tertiary/aromatic N) is 1. The molecule has 0 aliphatic carbocycles. The van der Waals surface area contributed by atoms with Gasteiger partial charge in [-0.05, 0) is 19.1 Å². The zero-order valence-corrected chi connectivity index (χ0v) is 9.04. The van der Waals surface area contributed by atoms with E-state index in [0.29, 0.717) is 28.4 Å². The van der Waals surface area contributed by atoms with Gasteiger partial charge in [-0.1, -0.05) is 0 Å². The van der Waals surface area contributed by atoms with Crippen LogP contribution >= 0.6 is 0 Å². The topological polar surface area (TPSA) is 63.9 Å². The number of ether oxygens (including phenoxy) is 1. The third-order valence-corrected chi connectivity index (χ3v) is 2.43. The molecule has 84 valence electrons. The first-order chi connectivity index (χ1) is 7.61. The third-order valence-electron chi connectivity index (χ3n) is 2.43. The Balaban J connectivity index is 2.54. The van der Waals surface area contributed by atoms with Crippen LogP contribution in [0.3, 0.4) is 0 Å². The Kier molecular flexibility index (Phi) is 2.52. The quantitative estimate of drug-likeness (QED) is 0.816. The molecule has 0 saturated heterocycles. The maximum atomic E-state index is 13.6. The van der Waals surface area contributed by atoms with Crippen LogP contribution < -0.4 is 10.5 Å². The molecule has 0 radical (unpaired) electrons. The van der Waals surface area contributed by atoms with Gasteiger partial charge in [0.15, 0.2) is 0 Å². The molecule has 0 atom stereocenters. The maximum absolute atomic E-state index is 13.6. The van der Waals surface area contributed by atoms with Gasteiger partial charge >= 0.3 is 0 Å². The summed E-state index contributed by atoms with van der Waals surface area (Å²) < 4.78 is 18.7. The molecule has 1 aromatic heterocycles. The number of benzene rings is 1. The first-order valence-electron chi connectivity index (χ1n) is 4.77. The highest BCUT2D eigenvalue weighted by Gasteiger charge is 2.10. The molecule has 0 fully saturated rings. The highest BCUT2D eigenvalue weighted by molar-refractivity contribution is 5.65. The SMILES string of the molecule is COc1cc(-c2cc(N)n[nH]2)cc(F)c1C. The fourth-order valence-electron chi connectivity index (χ4n) is 1.51. The van der Waals surface area contributed by atoms with E-state index in [-0.39, 0.29) is 5.82 Å². The molecule has 0 unspecified atom stereocenters. The highest BCUT2D eigenvalue weighted by Crippen LogP contribution is 2.28. The fraction of sp³-hybridized carbons (Fsp3) is 0.182. The summed E-state index contributed by atoms with van der Waals surface area (Å²) in [6.45, 7) is 1.67. The zero-order valence-electron chi connectivity index (χ0n) is 9.04. The number of aromatic nitrogens is 2. The molecule has 4 nitrogen and oxygen atoms in total. The number of nitrogens with two attached hydrogens (primary N) is 1. The van der Waals surface area contributed by atoms with Crippen LogP contribution in [0.5, 0.6) is 5.75 Å². The average molecular weight is 221 g/mol. The minimum atomic E-state index is -0.317. The minimum absolute atomic E-state index is 0.317. The van der Waals surface area contributed by atoms with Crippen molar-refractivity contribution in [2.75, 3.05) is 12.8 Å². The predicted octanol–water partition coefficient (Wildman–Crippen LogP) is 2.12. The second-order valence-electron chi connectivity index (χ2n) is 3.49. The summed E-state index contributed by atoms with van der Waals surface area (Å²) in [7, 11) is 1.51. The van der Waals surface area contributed by atoms with Crippen molar-refractivity contribution in [1.29, 1.82) is 0 Å². The number of nitrogens with one attached hydrogen (secondary N) is 1. The van der Waals surface area contributed by atoms with E-state index in [9.17, 15) is 4.39 Å². The van der Waals surface area contributed by atoms with Crippen molar-refractivity contribution in [3.63, 3.8) is 0 Å². The largest absolute Gasteiger partial charge is 0.496 e. The number of methoxy groups -OCH3 is 1. The highest BCUT2D eigenvalue weighted by atomic mass is 19.1. The Bertz CT molecular complexity index is 522. The molecule has 0 saturated carbocycles. The Labute approximate surface area is 92.2 Å². The average Bonchev–Trinajstić information content (AvgIpc) is 2.69. The van der Waals surface area contributed by atoms with Gasteiger partial charge in [-0.25, -0.2) is 4.39 Å². The lowest BCUT2D eigenvalue weighted by molar-refractivity contribution is 0.407. The van der Waals surface area contributed by atoms with Gasteiger partial charge in [0.2, 0.25) is 0 Å². The summed E-state index contributed by atoms with van der Waals surface area (Å²) in [6.07, 6.45) is 0. The third kappa shape index (κ3) is 1.71. The Morgan fingerprint density at radius 1 is 1.38 bits per heavy atom. The summed E-state index contributed by atoms with van der Waals surface area (Å²) >= 11 is 0. The smallest absolute Gasteiger partial charge is 0.145 e. The van der Waals surface area contributed by atoms with E-state index >= 15 is 0 Å². The molecule has 0 bridgehead atoms. The Hall–Kier alpha value is -2.04. The number of aromatic amines is 1. The van der Waals surface area contributed by atoms with E-state index in [1.54, 1.807) is 19.1 Å². The summed E-state index contributed by atoms with van der Waals surface area (Å²) in [5.74, 6) is 0.556. The van der Waals surface area contributed by atoms with Gasteiger partial charge in [0.1, 0.15) is 17.4 Å². The zero-order chi connectivity index (χ0) is 11.7. The summed E-state index contributed by atoms with van der Waals surface area (Å²) in [5, 5.41) is 6.51. The van der Waals surface area contributed by atoms with Gasteiger partial charge in [0.05, 0.1) is 12.8 Å². The van der Waals surface area contributed by atoms with Crippen LogP contribution in [0, 0.1) is 12.7 Å². The van der Waals surface area contributed by atoms with Crippen molar-refractivity contribution < 1.29 is 9.13 Å². The van der Waals surface area contributed by atoms with Gasteiger partial charge in [-0.3, -0.25) is 5.10 Å². The van der Waals surface area contributed by atoms with E-state index in [4.69, 9.17) is 10.5 Å². The van der Waals surface area contributed by atoms with Crippen molar-refractivity contribution in [2.45, 2.75) is 6.92 Å². The molecule has 0 spiro atoms. The first-order valence-corrected chi connectivity index (χ1v) is 4.77. The molecule has 0 aliphatic rings. The van der Waals surface area contributed by atoms with E-state index in [1.165, 1.54) is 13.2 Å². The lowest BCUT2D eigenvalue weighted by atomic mass is 10.1. The van der Waals surface area contributed by atoms with Crippen LogP contribution in [0.4, 0.5) is 10.2 Å². The lowest BCUT2D eigenvalue weighted by Crippen LogP contribution is -1.92. The second-order valence-corrected chi connectivity index (χ2v) is 3.49. The molecule has 5 heteroatoms. The maximum Gasteiger partial charge on any atom is 0.145 e. The van der Waals surface area contributed by atoms with E-state index < -0.39 is 0 Å². The number of H-pyrrole nitrogens is 1. The van der Waals surface area contributed by atoms with Gasteiger partial charge in [-0.15, -0.1) is 0 Å². The van der Waals surface area contributed by atoms with Gasteiger partial charge in [0.25, 0.3) is 0 Å². The van der Waals surface area contributed by atoms with Crippen LogP contribution in [0.15, 0.2) is 18.2 Å². The molecule has 1 aromatic carbocycles. The van der Waals surface area contributed by atoms with Crippen LogP contribution in [-0.4, -0.2) is 17.3 Å². The van der Waals surface area contributed by atoms with E-state index in [2.05, 4.69) is 10.2 Å². The predicted molar refractivity (Wildman–Crippen MR) is 59.7 cm³/mol. The molecular formula is C11H12FN3O. The monoisotopic (exact) mass is 221 g/mol. The van der Waals surface area contributed by atoms with Gasteiger partial charge < -0.3 is 10.5 Å². The van der Waals surface area contributed by atoms with E-state index in [1.807, 2.05) is 0 Å². The molecule has 3 N–H and O–H groups in total. The van der Waals surface area contributed by atoms with Crippen LogP contribution in [0.1, 0.15) is 5.56 Å². The molecule has 1 heterocycles. The summed E-state index contributed by atoms with van der Waals surface area (Å²) in [5.41, 5.74) is 7.29. The van der Waals surface area contributed by atoms with Crippen molar-refractivity contribution in [3.8, 4) is 17.0 Å². The van der Waals surface area contributed by atoms with Crippen LogP contribution in [0.25, 0.3) is 11.3 Å². The number of hydrogen-bond donors (Lipinski definition) is 2.